The van der Waals surface area contributed by atoms with E-state index in [1.165, 1.54) is 12.1 Å². The lowest BCUT2D eigenvalue weighted by Gasteiger charge is -2.30. The van der Waals surface area contributed by atoms with Crippen LogP contribution in [0.3, 0.4) is 0 Å². The minimum Gasteiger partial charge on any atom is -0.477 e. The highest BCUT2D eigenvalue weighted by Crippen LogP contribution is 2.37. The van der Waals surface area contributed by atoms with Crippen molar-refractivity contribution in [1.82, 2.24) is 10.3 Å². The number of hydrogen-bond donors (Lipinski definition) is 2. The van der Waals surface area contributed by atoms with Crippen LogP contribution in [0.4, 0.5) is 13.2 Å². The van der Waals surface area contributed by atoms with Gasteiger partial charge in [0.25, 0.3) is 5.91 Å². The summed E-state index contributed by atoms with van der Waals surface area (Å²) in [7, 11) is 0. The van der Waals surface area contributed by atoms with Crippen molar-refractivity contribution in [2.75, 3.05) is 0 Å². The predicted molar refractivity (Wildman–Crippen MR) is 70.5 cm³/mol. The molecule has 1 aliphatic rings. The molecule has 0 bridgehead atoms. The van der Waals surface area contributed by atoms with E-state index < -0.39 is 24.0 Å². The number of carboxylic acids is 1. The third-order valence-electron chi connectivity index (χ3n) is 3.77. The van der Waals surface area contributed by atoms with E-state index in [9.17, 15) is 22.8 Å². The number of rotatable bonds is 3. The molecule has 1 aromatic rings. The van der Waals surface area contributed by atoms with Crippen molar-refractivity contribution in [2.45, 2.75) is 37.9 Å². The van der Waals surface area contributed by atoms with Crippen LogP contribution in [0.1, 0.15) is 46.5 Å². The number of carbonyl (C=O) groups is 2. The third kappa shape index (κ3) is 3.96. The van der Waals surface area contributed by atoms with Crippen molar-refractivity contribution in [3.05, 3.63) is 29.6 Å². The summed E-state index contributed by atoms with van der Waals surface area (Å²) in [5.74, 6) is -2.95. The van der Waals surface area contributed by atoms with Crippen molar-refractivity contribution in [2.24, 2.45) is 5.92 Å². The summed E-state index contributed by atoms with van der Waals surface area (Å²) < 4.78 is 37.7. The van der Waals surface area contributed by atoms with Gasteiger partial charge in [-0.15, -0.1) is 0 Å². The van der Waals surface area contributed by atoms with E-state index in [1.54, 1.807) is 0 Å². The fourth-order valence-electron chi connectivity index (χ4n) is 2.49. The maximum absolute atomic E-state index is 12.6. The average molecular weight is 316 g/mol. The molecule has 1 fully saturated rings. The van der Waals surface area contributed by atoms with Crippen LogP contribution < -0.4 is 5.32 Å². The molecule has 1 heterocycles. The molecule has 0 saturated heterocycles. The Bertz CT molecular complexity index is 549. The largest absolute Gasteiger partial charge is 0.477 e. The summed E-state index contributed by atoms with van der Waals surface area (Å²) in [6, 6.07) is 2.23. The van der Waals surface area contributed by atoms with Gasteiger partial charge >= 0.3 is 12.1 Å². The average Bonchev–Trinajstić information content (AvgIpc) is 2.47. The van der Waals surface area contributed by atoms with Gasteiger partial charge < -0.3 is 10.4 Å². The summed E-state index contributed by atoms with van der Waals surface area (Å²) in [5, 5.41) is 11.4. The Morgan fingerprint density at radius 1 is 1.18 bits per heavy atom. The number of hydrogen-bond acceptors (Lipinski definition) is 3. The van der Waals surface area contributed by atoms with Gasteiger partial charge in [0.2, 0.25) is 0 Å². The molecular formula is C14H15F3N2O3. The van der Waals surface area contributed by atoms with Crippen molar-refractivity contribution in [3.8, 4) is 0 Å². The fourth-order valence-corrected chi connectivity index (χ4v) is 2.49. The van der Waals surface area contributed by atoms with Gasteiger partial charge in [0.05, 0.1) is 11.5 Å². The van der Waals surface area contributed by atoms with E-state index in [2.05, 4.69) is 10.3 Å². The van der Waals surface area contributed by atoms with Crippen LogP contribution in [0.5, 0.6) is 0 Å². The number of nitrogens with zero attached hydrogens (tertiary/aromatic N) is 1. The van der Waals surface area contributed by atoms with Crippen molar-refractivity contribution in [3.63, 3.8) is 0 Å². The van der Waals surface area contributed by atoms with Crippen molar-refractivity contribution >= 4 is 11.9 Å². The Morgan fingerprint density at radius 2 is 1.82 bits per heavy atom. The van der Waals surface area contributed by atoms with Crippen LogP contribution in [0.2, 0.25) is 0 Å². The Labute approximate surface area is 124 Å². The van der Waals surface area contributed by atoms with Gasteiger partial charge in [-0.25, -0.2) is 9.78 Å². The molecule has 0 spiro atoms. The molecular weight excluding hydrogens is 301 g/mol. The van der Waals surface area contributed by atoms with Crippen molar-refractivity contribution < 1.29 is 27.9 Å². The molecule has 1 amide bonds. The van der Waals surface area contributed by atoms with Gasteiger partial charge in [0.1, 0.15) is 5.69 Å². The summed E-state index contributed by atoms with van der Waals surface area (Å²) in [6.45, 7) is 0. The topological polar surface area (TPSA) is 79.3 Å². The van der Waals surface area contributed by atoms with Gasteiger partial charge in [-0.1, -0.05) is 0 Å². The molecule has 0 unspecified atom stereocenters. The first-order valence-electron chi connectivity index (χ1n) is 6.84. The Balaban J connectivity index is 1.89. The molecule has 5 nitrogen and oxygen atoms in total. The summed E-state index contributed by atoms with van der Waals surface area (Å²) in [5.41, 5.74) is 0.00480. The molecule has 1 aliphatic carbocycles. The monoisotopic (exact) mass is 316 g/mol. The van der Waals surface area contributed by atoms with E-state index in [1.807, 2.05) is 0 Å². The number of alkyl halides is 3. The smallest absolute Gasteiger partial charge is 0.391 e. The summed E-state index contributed by atoms with van der Waals surface area (Å²) in [6.07, 6.45) is -2.48. The molecule has 1 saturated carbocycles. The molecule has 120 valence electrons. The molecule has 0 aliphatic heterocycles. The molecule has 1 aromatic heterocycles. The fraction of sp³-hybridized carbons (Fsp3) is 0.500. The van der Waals surface area contributed by atoms with Gasteiger partial charge in [-0.05, 0) is 37.8 Å². The minimum atomic E-state index is -4.18. The predicted octanol–water partition coefficient (Wildman–Crippen LogP) is 2.63. The number of carboxylic acid groups (broad SMARTS) is 1. The Hall–Kier alpha value is -2.12. The number of nitrogens with one attached hydrogen (secondary N) is 1. The molecule has 0 atom stereocenters. The SMILES string of the molecule is O=C(NC1CCC(C(F)(F)F)CC1)c1ccc(C(=O)O)nc1. The quantitative estimate of drug-likeness (QED) is 0.898. The highest BCUT2D eigenvalue weighted by molar-refractivity contribution is 5.95. The first-order chi connectivity index (χ1) is 10.3. The molecule has 0 aromatic carbocycles. The normalized spacial score (nSPS) is 22.1. The second-order valence-electron chi connectivity index (χ2n) is 5.30. The highest BCUT2D eigenvalue weighted by Gasteiger charge is 2.41. The second-order valence-corrected chi connectivity index (χ2v) is 5.30. The molecule has 2 rings (SSSR count). The van der Waals surface area contributed by atoms with Crippen LogP contribution in [0, 0.1) is 5.92 Å². The number of amides is 1. The molecule has 0 radical (unpaired) electrons. The summed E-state index contributed by atoms with van der Waals surface area (Å²) in [4.78, 5) is 26.2. The number of aromatic carboxylic acids is 1. The second kappa shape index (κ2) is 6.33. The molecule has 2 N–H and O–H groups in total. The number of pyridine rings is 1. The summed E-state index contributed by atoms with van der Waals surface area (Å²) >= 11 is 0. The van der Waals surface area contributed by atoms with E-state index in [-0.39, 0.29) is 43.0 Å². The number of halogens is 3. The maximum Gasteiger partial charge on any atom is 0.391 e. The van der Waals surface area contributed by atoms with Crippen LogP contribution in [-0.2, 0) is 0 Å². The van der Waals surface area contributed by atoms with Gasteiger partial charge in [0, 0.05) is 12.2 Å². The Morgan fingerprint density at radius 3 is 2.27 bits per heavy atom. The first-order valence-corrected chi connectivity index (χ1v) is 6.84. The highest BCUT2D eigenvalue weighted by atomic mass is 19.4. The minimum absolute atomic E-state index is 0.00461. The first kappa shape index (κ1) is 16.3. The number of aromatic nitrogens is 1. The number of carbonyl (C=O) groups excluding carboxylic acids is 1. The van der Waals surface area contributed by atoms with E-state index in [4.69, 9.17) is 5.11 Å². The van der Waals surface area contributed by atoms with Gasteiger partial charge in [0.15, 0.2) is 0 Å². The van der Waals surface area contributed by atoms with Gasteiger partial charge in [-0.3, -0.25) is 4.79 Å². The zero-order chi connectivity index (χ0) is 16.3. The van der Waals surface area contributed by atoms with E-state index >= 15 is 0 Å². The zero-order valence-corrected chi connectivity index (χ0v) is 11.6. The maximum atomic E-state index is 12.6. The zero-order valence-electron chi connectivity index (χ0n) is 11.6. The third-order valence-corrected chi connectivity index (χ3v) is 3.77. The van der Waals surface area contributed by atoms with Gasteiger partial charge in [-0.2, -0.15) is 13.2 Å². The molecule has 22 heavy (non-hydrogen) atoms. The van der Waals surface area contributed by atoms with E-state index in [0.29, 0.717) is 0 Å². The standard InChI is InChI=1S/C14H15F3N2O3/c15-14(16,17)9-2-4-10(5-3-9)19-12(20)8-1-6-11(13(21)22)18-7-8/h1,6-7,9-10H,2-5H2,(H,19,20)(H,21,22). The molecule has 8 heteroatoms. The Kier molecular flexibility index (Phi) is 4.68. The van der Waals surface area contributed by atoms with Crippen LogP contribution in [0.25, 0.3) is 0 Å². The van der Waals surface area contributed by atoms with Crippen LogP contribution >= 0.6 is 0 Å². The van der Waals surface area contributed by atoms with Crippen molar-refractivity contribution in [1.29, 1.82) is 0 Å². The van der Waals surface area contributed by atoms with E-state index in [0.717, 1.165) is 6.20 Å². The lowest BCUT2D eigenvalue weighted by atomic mass is 9.85. The van der Waals surface area contributed by atoms with Crippen LogP contribution in [-0.4, -0.2) is 34.2 Å². The van der Waals surface area contributed by atoms with Crippen LogP contribution in [0.15, 0.2) is 18.3 Å². The lowest BCUT2D eigenvalue weighted by Crippen LogP contribution is -2.40. The lowest BCUT2D eigenvalue weighted by molar-refractivity contribution is -0.182.